The number of benzene rings is 1. The molecule has 2 rings (SSSR count). The van der Waals surface area contributed by atoms with Crippen LogP contribution in [0.25, 0.3) is 0 Å². The minimum atomic E-state index is -0.465. The van der Waals surface area contributed by atoms with Gasteiger partial charge >= 0.3 is 0 Å². The Morgan fingerprint density at radius 1 is 1.45 bits per heavy atom. The van der Waals surface area contributed by atoms with Crippen molar-refractivity contribution in [3.05, 3.63) is 29.8 Å². The largest absolute Gasteiger partial charge is 0.491 e. The van der Waals surface area contributed by atoms with E-state index in [1.54, 1.807) is 7.11 Å². The van der Waals surface area contributed by atoms with Gasteiger partial charge in [0.15, 0.2) is 0 Å². The third-order valence-corrected chi connectivity index (χ3v) is 3.74. The first kappa shape index (κ1) is 15.3. The van der Waals surface area contributed by atoms with E-state index in [1.807, 2.05) is 31.2 Å². The first-order chi connectivity index (χ1) is 9.69. The molecule has 0 aliphatic carbocycles. The highest BCUT2D eigenvalue weighted by Crippen LogP contribution is 2.18. The number of likely N-dealkylation sites (tertiary alicyclic amines) is 1. The van der Waals surface area contributed by atoms with Crippen LogP contribution in [0.3, 0.4) is 0 Å². The second-order valence-electron chi connectivity index (χ2n) is 5.53. The first-order valence-corrected chi connectivity index (χ1v) is 7.29. The number of β-amino-alcohol motifs (C(OH)–C–C–N with tert-alkyl or cyclic N) is 1. The molecule has 0 aromatic heterocycles. The number of hydrogen-bond acceptors (Lipinski definition) is 4. The van der Waals surface area contributed by atoms with Crippen molar-refractivity contribution in [3.8, 4) is 5.75 Å². The summed E-state index contributed by atoms with van der Waals surface area (Å²) in [6, 6.07) is 8.34. The molecule has 0 amide bonds. The molecule has 1 N–H and O–H groups in total. The molecule has 0 radical (unpaired) electrons. The highest BCUT2D eigenvalue weighted by Gasteiger charge is 2.26. The summed E-state index contributed by atoms with van der Waals surface area (Å²) in [6.45, 7) is 4.79. The molecular formula is C16H25NO3. The molecule has 112 valence electrons. The predicted molar refractivity (Wildman–Crippen MR) is 79.2 cm³/mol. The third-order valence-electron chi connectivity index (χ3n) is 3.74. The van der Waals surface area contributed by atoms with Gasteiger partial charge in [0.25, 0.3) is 0 Å². The minimum Gasteiger partial charge on any atom is -0.491 e. The summed E-state index contributed by atoms with van der Waals surface area (Å²) in [6.07, 6.45) is 1.87. The molecule has 4 nitrogen and oxygen atoms in total. The first-order valence-electron chi connectivity index (χ1n) is 7.29. The summed E-state index contributed by atoms with van der Waals surface area (Å²) in [4.78, 5) is 2.30. The van der Waals surface area contributed by atoms with Crippen LogP contribution < -0.4 is 4.74 Å². The number of hydrogen-bond donors (Lipinski definition) is 1. The van der Waals surface area contributed by atoms with Gasteiger partial charge in [0.2, 0.25) is 0 Å². The molecule has 0 saturated carbocycles. The van der Waals surface area contributed by atoms with Crippen LogP contribution >= 0.6 is 0 Å². The van der Waals surface area contributed by atoms with Gasteiger partial charge in [0.1, 0.15) is 18.5 Å². The number of aliphatic hydroxyl groups is 1. The monoisotopic (exact) mass is 279 g/mol. The molecule has 2 unspecified atom stereocenters. The van der Waals surface area contributed by atoms with Gasteiger partial charge < -0.3 is 14.6 Å². The lowest BCUT2D eigenvalue weighted by molar-refractivity contribution is 0.0459. The lowest BCUT2D eigenvalue weighted by atomic mass is 10.2. The SMILES string of the molecule is COCC1CCCN1CC(O)COc1cccc(C)c1. The Kier molecular flexibility index (Phi) is 5.83. The zero-order chi connectivity index (χ0) is 14.4. The van der Waals surface area contributed by atoms with Crippen LogP contribution in [-0.4, -0.2) is 55.6 Å². The fraction of sp³-hybridized carbons (Fsp3) is 0.625. The van der Waals surface area contributed by atoms with Crippen LogP contribution in [0.5, 0.6) is 5.75 Å². The minimum absolute atomic E-state index is 0.333. The Hall–Kier alpha value is -1.10. The average Bonchev–Trinajstić information content (AvgIpc) is 2.84. The van der Waals surface area contributed by atoms with Crippen molar-refractivity contribution in [1.29, 1.82) is 0 Å². The molecule has 1 heterocycles. The summed E-state index contributed by atoms with van der Waals surface area (Å²) in [5.74, 6) is 0.818. The number of methoxy groups -OCH3 is 1. The number of nitrogens with zero attached hydrogens (tertiary/aromatic N) is 1. The van der Waals surface area contributed by atoms with Crippen LogP contribution in [0.15, 0.2) is 24.3 Å². The molecule has 1 fully saturated rings. The maximum atomic E-state index is 10.1. The van der Waals surface area contributed by atoms with E-state index in [-0.39, 0.29) is 0 Å². The van der Waals surface area contributed by atoms with Crippen molar-refractivity contribution in [2.45, 2.75) is 31.9 Å². The van der Waals surface area contributed by atoms with Crippen LogP contribution in [-0.2, 0) is 4.74 Å². The van der Waals surface area contributed by atoms with Crippen molar-refractivity contribution in [3.63, 3.8) is 0 Å². The van der Waals surface area contributed by atoms with E-state index in [9.17, 15) is 5.11 Å². The van der Waals surface area contributed by atoms with Gasteiger partial charge in [-0.15, -0.1) is 0 Å². The zero-order valence-electron chi connectivity index (χ0n) is 12.4. The third kappa shape index (κ3) is 4.47. The maximum absolute atomic E-state index is 10.1. The van der Waals surface area contributed by atoms with E-state index >= 15 is 0 Å². The second-order valence-corrected chi connectivity index (χ2v) is 5.53. The topological polar surface area (TPSA) is 41.9 Å². The molecule has 1 aliphatic heterocycles. The standard InChI is InChI=1S/C16H25NO3/c1-13-5-3-7-16(9-13)20-12-15(18)10-17-8-4-6-14(17)11-19-2/h3,5,7,9,14-15,18H,4,6,8,10-12H2,1-2H3. The lowest BCUT2D eigenvalue weighted by Gasteiger charge is -2.26. The quantitative estimate of drug-likeness (QED) is 0.827. The zero-order valence-corrected chi connectivity index (χ0v) is 12.4. The van der Waals surface area contributed by atoms with Crippen LogP contribution in [0, 0.1) is 6.92 Å². The Morgan fingerprint density at radius 3 is 3.05 bits per heavy atom. The number of aliphatic hydroxyl groups excluding tert-OH is 1. The van der Waals surface area contributed by atoms with E-state index in [2.05, 4.69) is 4.90 Å². The van der Waals surface area contributed by atoms with Gasteiger partial charge in [0.05, 0.1) is 6.61 Å². The molecule has 1 aromatic carbocycles. The number of ether oxygens (including phenoxy) is 2. The van der Waals surface area contributed by atoms with E-state index in [0.717, 1.165) is 30.9 Å². The molecule has 20 heavy (non-hydrogen) atoms. The van der Waals surface area contributed by atoms with Gasteiger partial charge in [-0.2, -0.15) is 0 Å². The highest BCUT2D eigenvalue weighted by molar-refractivity contribution is 5.27. The molecule has 2 atom stereocenters. The molecular weight excluding hydrogens is 254 g/mol. The summed E-state index contributed by atoms with van der Waals surface area (Å²) in [5, 5.41) is 10.1. The summed E-state index contributed by atoms with van der Waals surface area (Å²) in [5.41, 5.74) is 1.16. The molecule has 1 saturated heterocycles. The average molecular weight is 279 g/mol. The van der Waals surface area contributed by atoms with Crippen LogP contribution in [0.2, 0.25) is 0 Å². The molecule has 4 heteroatoms. The van der Waals surface area contributed by atoms with Crippen molar-refractivity contribution >= 4 is 0 Å². The van der Waals surface area contributed by atoms with E-state index < -0.39 is 6.10 Å². The molecule has 0 spiro atoms. The fourth-order valence-electron chi connectivity index (χ4n) is 2.74. The molecule has 1 aromatic rings. The van der Waals surface area contributed by atoms with Gasteiger partial charge in [-0.1, -0.05) is 12.1 Å². The smallest absolute Gasteiger partial charge is 0.119 e. The highest BCUT2D eigenvalue weighted by atomic mass is 16.5. The van der Waals surface area contributed by atoms with Crippen molar-refractivity contribution in [2.75, 3.05) is 33.4 Å². The summed E-state index contributed by atoms with van der Waals surface area (Å²) < 4.78 is 10.9. The Balaban J connectivity index is 1.76. The van der Waals surface area contributed by atoms with Gasteiger partial charge in [-0.3, -0.25) is 4.90 Å². The Labute approximate surface area is 121 Å². The second kappa shape index (κ2) is 7.62. The summed E-state index contributed by atoms with van der Waals surface area (Å²) in [7, 11) is 1.73. The van der Waals surface area contributed by atoms with Crippen molar-refractivity contribution < 1.29 is 14.6 Å². The van der Waals surface area contributed by atoms with Crippen LogP contribution in [0.4, 0.5) is 0 Å². The van der Waals surface area contributed by atoms with Crippen molar-refractivity contribution in [2.24, 2.45) is 0 Å². The fourth-order valence-corrected chi connectivity index (χ4v) is 2.74. The van der Waals surface area contributed by atoms with Gasteiger partial charge in [-0.25, -0.2) is 0 Å². The lowest BCUT2D eigenvalue weighted by Crippen LogP contribution is -2.40. The molecule has 0 bridgehead atoms. The molecule has 1 aliphatic rings. The van der Waals surface area contributed by atoms with Crippen molar-refractivity contribution in [1.82, 2.24) is 4.90 Å². The summed E-state index contributed by atoms with van der Waals surface area (Å²) >= 11 is 0. The number of aryl methyl sites for hydroxylation is 1. The Morgan fingerprint density at radius 2 is 2.30 bits per heavy atom. The van der Waals surface area contributed by atoms with Gasteiger partial charge in [0, 0.05) is 19.7 Å². The predicted octanol–water partition coefficient (Wildman–Crippen LogP) is 1.85. The van der Waals surface area contributed by atoms with Gasteiger partial charge in [-0.05, 0) is 44.0 Å². The van der Waals surface area contributed by atoms with E-state index in [0.29, 0.717) is 19.2 Å². The van der Waals surface area contributed by atoms with E-state index in [1.165, 1.54) is 6.42 Å². The Bertz CT molecular complexity index is 410. The maximum Gasteiger partial charge on any atom is 0.119 e. The van der Waals surface area contributed by atoms with E-state index in [4.69, 9.17) is 9.47 Å². The van der Waals surface area contributed by atoms with Crippen LogP contribution in [0.1, 0.15) is 18.4 Å². The normalized spacial score (nSPS) is 21.1. The number of rotatable bonds is 7.